The van der Waals surface area contributed by atoms with Gasteiger partial charge in [-0.1, -0.05) is 6.08 Å². The number of ketones is 1. The summed E-state index contributed by atoms with van der Waals surface area (Å²) in [5, 5.41) is 0. The molecule has 0 unspecified atom stereocenters. The fourth-order valence-corrected chi connectivity index (χ4v) is 0.599. The fourth-order valence-electron chi connectivity index (χ4n) is 0.599. The molecule has 11 heavy (non-hydrogen) atoms. The Morgan fingerprint density at radius 2 is 2.09 bits per heavy atom. The van der Waals surface area contributed by atoms with E-state index >= 15 is 0 Å². The summed E-state index contributed by atoms with van der Waals surface area (Å²) in [6.07, 6.45) is 2.80. The van der Waals surface area contributed by atoms with Gasteiger partial charge in [0.25, 0.3) is 0 Å². The van der Waals surface area contributed by atoms with E-state index < -0.39 is 5.97 Å². The lowest BCUT2D eigenvalue weighted by Gasteiger charge is -1.96. The zero-order valence-corrected chi connectivity index (χ0v) is 6.79. The van der Waals surface area contributed by atoms with Gasteiger partial charge in [-0.2, -0.15) is 0 Å². The summed E-state index contributed by atoms with van der Waals surface area (Å²) in [4.78, 5) is 21.4. The van der Waals surface area contributed by atoms with Gasteiger partial charge >= 0.3 is 5.97 Å². The van der Waals surface area contributed by atoms with Crippen LogP contribution in [0, 0.1) is 0 Å². The SMILES string of the molecule is C/C=C/C(=O)CC(=O)OCC. The lowest BCUT2D eigenvalue weighted by molar-refractivity contribution is -0.144. The molecule has 3 nitrogen and oxygen atoms in total. The van der Waals surface area contributed by atoms with E-state index in [9.17, 15) is 9.59 Å². The maximum Gasteiger partial charge on any atom is 0.313 e. The largest absolute Gasteiger partial charge is 0.466 e. The summed E-state index contributed by atoms with van der Waals surface area (Å²) in [5.41, 5.74) is 0. The summed E-state index contributed by atoms with van der Waals surface area (Å²) in [5.74, 6) is -0.679. The van der Waals surface area contributed by atoms with Crippen molar-refractivity contribution < 1.29 is 14.3 Å². The molecule has 0 aromatic heterocycles. The van der Waals surface area contributed by atoms with Crippen LogP contribution in [0.4, 0.5) is 0 Å². The van der Waals surface area contributed by atoms with E-state index in [4.69, 9.17) is 0 Å². The molecule has 0 saturated carbocycles. The Bertz CT molecular complexity index is 170. The first kappa shape index (κ1) is 9.88. The fraction of sp³-hybridized carbons (Fsp3) is 0.500. The average molecular weight is 156 g/mol. The molecule has 0 rings (SSSR count). The number of carbonyl (C=O) groups is 2. The Morgan fingerprint density at radius 3 is 2.55 bits per heavy atom. The van der Waals surface area contributed by atoms with Crippen molar-refractivity contribution in [2.45, 2.75) is 20.3 Å². The lowest BCUT2D eigenvalue weighted by Crippen LogP contribution is -2.08. The Morgan fingerprint density at radius 1 is 1.45 bits per heavy atom. The lowest BCUT2D eigenvalue weighted by atomic mass is 10.3. The molecule has 0 aliphatic heterocycles. The summed E-state index contributed by atoms with van der Waals surface area (Å²) >= 11 is 0. The molecule has 0 N–H and O–H groups in total. The van der Waals surface area contributed by atoms with Crippen LogP contribution in [0.25, 0.3) is 0 Å². The quantitative estimate of drug-likeness (QED) is 0.347. The number of esters is 1. The zero-order chi connectivity index (χ0) is 8.69. The van der Waals surface area contributed by atoms with Gasteiger partial charge in [0.2, 0.25) is 0 Å². The molecule has 0 fully saturated rings. The molecule has 0 aromatic rings. The first-order valence-electron chi connectivity index (χ1n) is 3.51. The van der Waals surface area contributed by atoms with E-state index in [1.165, 1.54) is 6.08 Å². The highest BCUT2D eigenvalue weighted by Crippen LogP contribution is 1.89. The molecule has 3 heteroatoms. The average Bonchev–Trinajstić information content (AvgIpc) is 1.87. The van der Waals surface area contributed by atoms with E-state index in [-0.39, 0.29) is 12.2 Å². The van der Waals surface area contributed by atoms with Crippen molar-refractivity contribution in [2.75, 3.05) is 6.61 Å². The van der Waals surface area contributed by atoms with Crippen LogP contribution in [0.1, 0.15) is 20.3 Å². The number of ether oxygens (including phenoxy) is 1. The third kappa shape index (κ3) is 5.33. The van der Waals surface area contributed by atoms with E-state index in [1.807, 2.05) is 0 Å². The molecular weight excluding hydrogens is 144 g/mol. The number of hydrogen-bond donors (Lipinski definition) is 0. The minimum Gasteiger partial charge on any atom is -0.466 e. The van der Waals surface area contributed by atoms with Gasteiger partial charge in [0.05, 0.1) is 6.61 Å². The standard InChI is InChI=1S/C8H12O3/c1-3-5-7(9)6-8(10)11-4-2/h3,5H,4,6H2,1-2H3/b5-3+. The molecule has 0 bridgehead atoms. The predicted molar refractivity (Wildman–Crippen MR) is 41.1 cm³/mol. The predicted octanol–water partition coefficient (Wildman–Crippen LogP) is 1.08. The van der Waals surface area contributed by atoms with Gasteiger partial charge in [-0.25, -0.2) is 0 Å². The summed E-state index contributed by atoms with van der Waals surface area (Å²) in [7, 11) is 0. The van der Waals surface area contributed by atoms with Crippen molar-refractivity contribution in [1.29, 1.82) is 0 Å². The normalized spacial score (nSPS) is 10.0. The maximum atomic E-state index is 10.7. The van der Waals surface area contributed by atoms with E-state index in [0.29, 0.717) is 6.61 Å². The molecule has 0 atom stereocenters. The number of allylic oxidation sites excluding steroid dienone is 2. The smallest absolute Gasteiger partial charge is 0.313 e. The molecule has 0 radical (unpaired) electrons. The second kappa shape index (κ2) is 5.65. The van der Waals surface area contributed by atoms with E-state index in [2.05, 4.69) is 4.74 Å². The van der Waals surface area contributed by atoms with Crippen LogP contribution in [0.2, 0.25) is 0 Å². The Labute approximate surface area is 66.0 Å². The number of carbonyl (C=O) groups excluding carboxylic acids is 2. The molecular formula is C8H12O3. The van der Waals surface area contributed by atoms with Crippen molar-refractivity contribution in [3.8, 4) is 0 Å². The van der Waals surface area contributed by atoms with Crippen molar-refractivity contribution in [2.24, 2.45) is 0 Å². The van der Waals surface area contributed by atoms with Crippen LogP contribution >= 0.6 is 0 Å². The molecule has 0 aromatic carbocycles. The second-order valence-electron chi connectivity index (χ2n) is 1.95. The van der Waals surface area contributed by atoms with Crippen molar-refractivity contribution >= 4 is 11.8 Å². The molecule has 62 valence electrons. The van der Waals surface area contributed by atoms with Gasteiger partial charge in [-0.3, -0.25) is 9.59 Å². The first-order valence-corrected chi connectivity index (χ1v) is 3.51. The van der Waals surface area contributed by atoms with Gasteiger partial charge in [0, 0.05) is 0 Å². The van der Waals surface area contributed by atoms with E-state index in [0.717, 1.165) is 0 Å². The zero-order valence-electron chi connectivity index (χ0n) is 6.79. The molecule has 0 saturated heterocycles. The summed E-state index contributed by atoms with van der Waals surface area (Å²) < 4.78 is 4.57. The Hall–Kier alpha value is -1.12. The molecule has 0 heterocycles. The highest BCUT2D eigenvalue weighted by atomic mass is 16.5. The second-order valence-corrected chi connectivity index (χ2v) is 1.95. The highest BCUT2D eigenvalue weighted by molar-refractivity contribution is 6.01. The van der Waals surface area contributed by atoms with E-state index in [1.54, 1.807) is 19.9 Å². The minimum absolute atomic E-state index is 0.155. The van der Waals surface area contributed by atoms with Crippen LogP contribution in [-0.2, 0) is 14.3 Å². The molecule has 0 aliphatic rings. The van der Waals surface area contributed by atoms with Crippen molar-refractivity contribution in [1.82, 2.24) is 0 Å². The third-order valence-electron chi connectivity index (χ3n) is 0.976. The molecule has 0 amide bonds. The highest BCUT2D eigenvalue weighted by Gasteiger charge is 2.05. The van der Waals surface area contributed by atoms with Gasteiger partial charge in [0.1, 0.15) is 6.42 Å². The minimum atomic E-state index is -0.462. The van der Waals surface area contributed by atoms with Crippen molar-refractivity contribution in [3.05, 3.63) is 12.2 Å². The topological polar surface area (TPSA) is 43.4 Å². The number of rotatable bonds is 4. The van der Waals surface area contributed by atoms with Crippen LogP contribution in [0.3, 0.4) is 0 Å². The summed E-state index contributed by atoms with van der Waals surface area (Å²) in [6, 6.07) is 0. The van der Waals surface area contributed by atoms with Crippen molar-refractivity contribution in [3.63, 3.8) is 0 Å². The van der Waals surface area contributed by atoms with Crippen LogP contribution in [0.15, 0.2) is 12.2 Å². The maximum absolute atomic E-state index is 10.7. The van der Waals surface area contributed by atoms with Crippen LogP contribution in [0.5, 0.6) is 0 Å². The Kier molecular flexibility index (Phi) is 5.07. The molecule has 0 spiro atoms. The monoisotopic (exact) mass is 156 g/mol. The number of hydrogen-bond acceptors (Lipinski definition) is 3. The summed E-state index contributed by atoms with van der Waals surface area (Å²) in [6.45, 7) is 3.75. The van der Waals surface area contributed by atoms with Crippen LogP contribution < -0.4 is 0 Å². The van der Waals surface area contributed by atoms with Crippen LogP contribution in [-0.4, -0.2) is 18.4 Å². The van der Waals surface area contributed by atoms with Gasteiger partial charge in [0.15, 0.2) is 5.78 Å². The van der Waals surface area contributed by atoms with Gasteiger partial charge in [-0.15, -0.1) is 0 Å². The first-order chi connectivity index (χ1) is 5.20. The third-order valence-corrected chi connectivity index (χ3v) is 0.976. The molecule has 0 aliphatic carbocycles. The van der Waals surface area contributed by atoms with Gasteiger partial charge < -0.3 is 4.74 Å². The van der Waals surface area contributed by atoms with Gasteiger partial charge in [-0.05, 0) is 19.9 Å². The Balaban J connectivity index is 3.66.